The lowest BCUT2D eigenvalue weighted by molar-refractivity contribution is 0.277. The van der Waals surface area contributed by atoms with E-state index in [1.807, 2.05) is 19.1 Å². The predicted molar refractivity (Wildman–Crippen MR) is 103 cm³/mol. The average Bonchev–Trinajstić information content (AvgIpc) is 3.02. The topological polar surface area (TPSA) is 91.3 Å². The second-order valence-electron chi connectivity index (χ2n) is 6.04. The second-order valence-corrected chi connectivity index (χ2v) is 6.48. The number of aliphatic hydroxyl groups excluding tert-OH is 1. The van der Waals surface area contributed by atoms with Gasteiger partial charge >= 0.3 is 5.69 Å². The van der Waals surface area contributed by atoms with Crippen LogP contribution in [0.15, 0.2) is 33.9 Å². The summed E-state index contributed by atoms with van der Waals surface area (Å²) in [7, 11) is 1.47. The minimum atomic E-state index is -0.446. The molecule has 0 atom stereocenters. The number of fused-ring (bicyclic) bond motifs is 1. The second kappa shape index (κ2) is 7.98. The molecule has 9 heteroatoms. The molecule has 0 spiro atoms. The SMILES string of the molecule is CCn1c(=O)n(CCCO)c(=O)c2c1nc(OC)n2Cc1ccc(Cl)cc1. The van der Waals surface area contributed by atoms with E-state index in [0.29, 0.717) is 35.7 Å². The van der Waals surface area contributed by atoms with Crippen molar-refractivity contribution in [3.05, 3.63) is 55.7 Å². The molecule has 3 rings (SSSR count). The van der Waals surface area contributed by atoms with Gasteiger partial charge in [0.15, 0.2) is 11.2 Å². The van der Waals surface area contributed by atoms with E-state index in [-0.39, 0.29) is 19.2 Å². The first kappa shape index (κ1) is 19.2. The Balaban J connectivity index is 2.27. The van der Waals surface area contributed by atoms with E-state index < -0.39 is 11.2 Å². The maximum Gasteiger partial charge on any atom is 0.332 e. The Kier molecular flexibility index (Phi) is 5.67. The van der Waals surface area contributed by atoms with Crippen LogP contribution in [0.1, 0.15) is 18.9 Å². The Hall–Kier alpha value is -2.58. The quantitative estimate of drug-likeness (QED) is 0.657. The predicted octanol–water partition coefficient (Wildman–Crippen LogP) is 1.47. The van der Waals surface area contributed by atoms with Gasteiger partial charge < -0.3 is 9.84 Å². The molecule has 0 aliphatic heterocycles. The third kappa shape index (κ3) is 3.50. The smallest absolute Gasteiger partial charge is 0.332 e. The summed E-state index contributed by atoms with van der Waals surface area (Å²) in [4.78, 5) is 30.1. The molecule has 0 fully saturated rings. The summed E-state index contributed by atoms with van der Waals surface area (Å²) in [5.74, 6) is 0. The number of aromatic nitrogens is 4. The van der Waals surface area contributed by atoms with Gasteiger partial charge in [-0.2, -0.15) is 4.98 Å². The van der Waals surface area contributed by atoms with Crippen LogP contribution in [0.2, 0.25) is 5.02 Å². The van der Waals surface area contributed by atoms with Gasteiger partial charge in [0.2, 0.25) is 0 Å². The van der Waals surface area contributed by atoms with Gasteiger partial charge in [-0.1, -0.05) is 23.7 Å². The highest BCUT2D eigenvalue weighted by Crippen LogP contribution is 2.20. The molecule has 0 aliphatic carbocycles. The standard InChI is InChI=1S/C18H21ClN4O4/c1-3-21-15-14(16(25)22(18(21)26)9-4-10-24)23(17(20-15)27-2)11-12-5-7-13(19)8-6-12/h5-8,24H,3-4,9-11H2,1-2H3. The van der Waals surface area contributed by atoms with Crippen molar-refractivity contribution in [1.82, 2.24) is 18.7 Å². The normalized spacial score (nSPS) is 11.3. The minimum absolute atomic E-state index is 0.108. The van der Waals surface area contributed by atoms with Crippen molar-refractivity contribution in [2.75, 3.05) is 13.7 Å². The van der Waals surface area contributed by atoms with E-state index in [1.165, 1.54) is 11.7 Å². The summed E-state index contributed by atoms with van der Waals surface area (Å²) < 4.78 is 9.60. The highest BCUT2D eigenvalue weighted by atomic mass is 35.5. The first-order valence-corrected chi connectivity index (χ1v) is 9.02. The van der Waals surface area contributed by atoms with Crippen LogP contribution in [0, 0.1) is 0 Å². The molecule has 1 aromatic carbocycles. The number of hydrogen-bond donors (Lipinski definition) is 1. The highest BCUT2D eigenvalue weighted by molar-refractivity contribution is 6.30. The van der Waals surface area contributed by atoms with Gasteiger partial charge in [0, 0.05) is 24.7 Å². The van der Waals surface area contributed by atoms with Crippen LogP contribution in [0.5, 0.6) is 6.01 Å². The Morgan fingerprint density at radius 3 is 2.44 bits per heavy atom. The zero-order valence-corrected chi connectivity index (χ0v) is 15.9. The van der Waals surface area contributed by atoms with Crippen molar-refractivity contribution >= 4 is 22.8 Å². The first-order valence-electron chi connectivity index (χ1n) is 8.65. The van der Waals surface area contributed by atoms with Gasteiger partial charge in [0.1, 0.15) is 0 Å². The van der Waals surface area contributed by atoms with Crippen LogP contribution < -0.4 is 16.0 Å². The molecule has 0 saturated heterocycles. The Morgan fingerprint density at radius 2 is 1.85 bits per heavy atom. The largest absolute Gasteiger partial charge is 0.468 e. The van der Waals surface area contributed by atoms with Crippen LogP contribution in [0.3, 0.4) is 0 Å². The molecule has 1 N–H and O–H groups in total. The fraction of sp³-hybridized carbons (Fsp3) is 0.389. The molecule has 0 radical (unpaired) electrons. The number of nitrogens with zero attached hydrogens (tertiary/aromatic N) is 4. The molecular formula is C18H21ClN4O4. The molecule has 2 aromatic heterocycles. The van der Waals surface area contributed by atoms with E-state index in [1.54, 1.807) is 16.7 Å². The lowest BCUT2D eigenvalue weighted by Gasteiger charge is -2.11. The maximum atomic E-state index is 13.0. The molecular weight excluding hydrogens is 372 g/mol. The first-order chi connectivity index (χ1) is 13.0. The summed E-state index contributed by atoms with van der Waals surface area (Å²) in [6, 6.07) is 7.49. The summed E-state index contributed by atoms with van der Waals surface area (Å²) in [5, 5.41) is 9.71. The monoisotopic (exact) mass is 392 g/mol. The Morgan fingerprint density at radius 1 is 1.15 bits per heavy atom. The lowest BCUT2D eigenvalue weighted by atomic mass is 10.2. The number of hydrogen-bond acceptors (Lipinski definition) is 5. The van der Waals surface area contributed by atoms with Crippen molar-refractivity contribution in [2.24, 2.45) is 0 Å². The number of methoxy groups -OCH3 is 1. The molecule has 8 nitrogen and oxygen atoms in total. The third-order valence-electron chi connectivity index (χ3n) is 4.37. The molecule has 0 unspecified atom stereocenters. The summed E-state index contributed by atoms with van der Waals surface area (Å²) in [6.07, 6.45) is 0.312. The summed E-state index contributed by atoms with van der Waals surface area (Å²) in [6.45, 7) is 2.54. The number of ether oxygens (including phenoxy) is 1. The highest BCUT2D eigenvalue weighted by Gasteiger charge is 2.21. The van der Waals surface area contributed by atoms with Gasteiger partial charge in [0.25, 0.3) is 11.6 Å². The summed E-state index contributed by atoms with van der Waals surface area (Å²) >= 11 is 5.94. The Bertz CT molecular complexity index is 1070. The van der Waals surface area contributed by atoms with Gasteiger partial charge in [0.05, 0.1) is 13.7 Å². The molecule has 27 heavy (non-hydrogen) atoms. The van der Waals surface area contributed by atoms with E-state index in [9.17, 15) is 9.59 Å². The fourth-order valence-corrected chi connectivity index (χ4v) is 3.18. The van der Waals surface area contributed by atoms with Gasteiger partial charge in [-0.25, -0.2) is 4.79 Å². The van der Waals surface area contributed by atoms with E-state index in [0.717, 1.165) is 10.1 Å². The molecule has 0 aliphatic rings. The zero-order chi connectivity index (χ0) is 19.6. The zero-order valence-electron chi connectivity index (χ0n) is 15.2. The van der Waals surface area contributed by atoms with E-state index in [4.69, 9.17) is 21.4 Å². The van der Waals surface area contributed by atoms with Crippen molar-refractivity contribution in [3.8, 4) is 6.01 Å². The van der Waals surface area contributed by atoms with Crippen LogP contribution in [0.25, 0.3) is 11.2 Å². The number of imidazole rings is 1. The van der Waals surface area contributed by atoms with E-state index in [2.05, 4.69) is 4.98 Å². The van der Waals surface area contributed by atoms with Crippen molar-refractivity contribution in [2.45, 2.75) is 33.0 Å². The third-order valence-corrected chi connectivity index (χ3v) is 4.62. The number of aryl methyl sites for hydroxylation is 1. The number of rotatable bonds is 7. The maximum absolute atomic E-state index is 13.0. The lowest BCUT2D eigenvalue weighted by Crippen LogP contribution is -2.40. The molecule has 144 valence electrons. The van der Waals surface area contributed by atoms with E-state index >= 15 is 0 Å². The molecule has 3 aromatic rings. The van der Waals surface area contributed by atoms with Crippen LogP contribution in [-0.4, -0.2) is 37.5 Å². The molecule has 0 bridgehead atoms. The average molecular weight is 393 g/mol. The van der Waals surface area contributed by atoms with Gasteiger partial charge in [-0.15, -0.1) is 0 Å². The van der Waals surface area contributed by atoms with Crippen molar-refractivity contribution in [3.63, 3.8) is 0 Å². The van der Waals surface area contributed by atoms with Gasteiger partial charge in [-0.3, -0.25) is 18.5 Å². The van der Waals surface area contributed by atoms with Crippen LogP contribution in [-0.2, 0) is 19.6 Å². The van der Waals surface area contributed by atoms with Crippen molar-refractivity contribution < 1.29 is 9.84 Å². The van der Waals surface area contributed by atoms with Gasteiger partial charge in [-0.05, 0) is 31.0 Å². The molecule has 2 heterocycles. The minimum Gasteiger partial charge on any atom is -0.468 e. The van der Waals surface area contributed by atoms with Crippen molar-refractivity contribution in [1.29, 1.82) is 0 Å². The number of aliphatic hydroxyl groups is 1. The number of halogens is 1. The van der Waals surface area contributed by atoms with Crippen LogP contribution in [0.4, 0.5) is 0 Å². The fourth-order valence-electron chi connectivity index (χ4n) is 3.06. The molecule has 0 amide bonds. The van der Waals surface area contributed by atoms with Crippen LogP contribution >= 0.6 is 11.6 Å². The number of benzene rings is 1. The summed E-state index contributed by atoms with van der Waals surface area (Å²) in [5.41, 5.74) is 0.604. The molecule has 0 saturated carbocycles. The Labute approximate surface area is 160 Å².